The molecule has 2 rings (SSSR count). The second-order valence-corrected chi connectivity index (χ2v) is 3.56. The second-order valence-electron chi connectivity index (χ2n) is 3.56. The number of nitrogens with zero attached hydrogens (tertiary/aromatic N) is 3. The third-order valence-corrected chi connectivity index (χ3v) is 2.24. The van der Waals surface area contributed by atoms with Crippen molar-refractivity contribution in [3.8, 4) is 17.7 Å². The van der Waals surface area contributed by atoms with Crippen molar-refractivity contribution in [2.45, 2.75) is 0 Å². The van der Waals surface area contributed by atoms with Crippen LogP contribution in [0.15, 0.2) is 36.4 Å². The van der Waals surface area contributed by atoms with Crippen LogP contribution >= 0.6 is 0 Å². The first kappa shape index (κ1) is 12.3. The summed E-state index contributed by atoms with van der Waals surface area (Å²) in [6.45, 7) is 0. The van der Waals surface area contributed by atoms with E-state index in [2.05, 4.69) is 4.98 Å². The Morgan fingerprint density at radius 1 is 1.37 bits per heavy atom. The minimum Gasteiger partial charge on any atom is -0.434 e. The number of anilines is 1. The highest BCUT2D eigenvalue weighted by Gasteiger charge is 2.17. The van der Waals surface area contributed by atoms with Crippen molar-refractivity contribution in [3.05, 3.63) is 52.1 Å². The van der Waals surface area contributed by atoms with Crippen LogP contribution in [0.5, 0.6) is 11.6 Å². The van der Waals surface area contributed by atoms with Crippen LogP contribution in [0, 0.1) is 21.4 Å². The van der Waals surface area contributed by atoms with Gasteiger partial charge in [0.05, 0.1) is 16.6 Å². The number of nitrogen functional groups attached to an aromatic ring is 1. The van der Waals surface area contributed by atoms with Crippen molar-refractivity contribution < 1.29 is 9.66 Å². The number of hydrogen-bond acceptors (Lipinski definition) is 6. The fourth-order valence-electron chi connectivity index (χ4n) is 1.40. The Morgan fingerprint density at radius 2 is 2.16 bits per heavy atom. The molecule has 0 bridgehead atoms. The van der Waals surface area contributed by atoms with Crippen LogP contribution in [0.2, 0.25) is 0 Å². The summed E-state index contributed by atoms with van der Waals surface area (Å²) < 4.78 is 5.31. The molecule has 0 atom stereocenters. The summed E-state index contributed by atoms with van der Waals surface area (Å²) in [5, 5.41) is 19.6. The lowest BCUT2D eigenvalue weighted by molar-refractivity contribution is -0.386. The monoisotopic (exact) mass is 256 g/mol. The largest absolute Gasteiger partial charge is 0.434 e. The van der Waals surface area contributed by atoms with Crippen molar-refractivity contribution in [2.24, 2.45) is 0 Å². The van der Waals surface area contributed by atoms with Crippen LogP contribution in [0.1, 0.15) is 5.56 Å². The van der Waals surface area contributed by atoms with E-state index in [1.165, 1.54) is 18.2 Å². The maximum atomic E-state index is 10.8. The molecule has 1 aromatic carbocycles. The molecule has 0 fully saturated rings. The number of ether oxygens (including phenoxy) is 1. The first-order valence-corrected chi connectivity index (χ1v) is 5.19. The van der Waals surface area contributed by atoms with E-state index < -0.39 is 4.92 Å². The lowest BCUT2D eigenvalue weighted by Crippen LogP contribution is -1.99. The van der Waals surface area contributed by atoms with Gasteiger partial charge in [-0.05, 0) is 24.3 Å². The van der Waals surface area contributed by atoms with Gasteiger partial charge in [-0.2, -0.15) is 10.2 Å². The zero-order chi connectivity index (χ0) is 13.8. The van der Waals surface area contributed by atoms with Crippen molar-refractivity contribution in [1.82, 2.24) is 4.98 Å². The average Bonchev–Trinajstić information content (AvgIpc) is 2.38. The predicted octanol–water partition coefficient (Wildman–Crippen LogP) is 2.24. The predicted molar refractivity (Wildman–Crippen MR) is 66.5 cm³/mol. The van der Waals surface area contributed by atoms with E-state index in [0.717, 1.165) is 0 Å². The van der Waals surface area contributed by atoms with E-state index in [-0.39, 0.29) is 23.1 Å². The molecular formula is C12H8N4O3. The number of nitriles is 1. The zero-order valence-corrected chi connectivity index (χ0v) is 9.61. The Bertz CT molecular complexity index is 679. The molecule has 7 nitrogen and oxygen atoms in total. The Balaban J connectivity index is 2.40. The summed E-state index contributed by atoms with van der Waals surface area (Å²) in [6.07, 6.45) is 0. The van der Waals surface area contributed by atoms with Gasteiger partial charge in [-0.25, -0.2) is 0 Å². The summed E-state index contributed by atoms with van der Waals surface area (Å²) in [6, 6.07) is 10.7. The standard InChI is InChI=1S/C12H8N4O3/c13-7-8-2-1-3-9(6-8)19-12-10(16(17)18)4-5-11(14)15-12/h1-6H,(H2,14,15). The van der Waals surface area contributed by atoms with Gasteiger partial charge in [-0.3, -0.25) is 10.1 Å². The van der Waals surface area contributed by atoms with Crippen LogP contribution in [-0.2, 0) is 0 Å². The molecule has 0 amide bonds. The molecule has 1 heterocycles. The Hall–Kier alpha value is -3.14. The van der Waals surface area contributed by atoms with Gasteiger partial charge in [-0.1, -0.05) is 6.07 Å². The first-order chi connectivity index (χ1) is 9.10. The van der Waals surface area contributed by atoms with Gasteiger partial charge < -0.3 is 10.5 Å². The molecule has 0 radical (unpaired) electrons. The quantitative estimate of drug-likeness (QED) is 0.665. The van der Waals surface area contributed by atoms with Crippen LogP contribution in [-0.4, -0.2) is 9.91 Å². The average molecular weight is 256 g/mol. The van der Waals surface area contributed by atoms with E-state index in [0.29, 0.717) is 5.56 Å². The minimum atomic E-state index is -0.615. The molecule has 7 heteroatoms. The third kappa shape index (κ3) is 2.76. The third-order valence-electron chi connectivity index (χ3n) is 2.24. The Morgan fingerprint density at radius 3 is 2.84 bits per heavy atom. The van der Waals surface area contributed by atoms with Crippen molar-refractivity contribution in [2.75, 3.05) is 5.73 Å². The van der Waals surface area contributed by atoms with Crippen LogP contribution in [0.3, 0.4) is 0 Å². The number of benzene rings is 1. The summed E-state index contributed by atoms with van der Waals surface area (Å²) in [5.74, 6) is 0.178. The van der Waals surface area contributed by atoms with Crippen molar-refractivity contribution in [3.63, 3.8) is 0 Å². The topological polar surface area (TPSA) is 115 Å². The van der Waals surface area contributed by atoms with E-state index in [1.54, 1.807) is 18.2 Å². The van der Waals surface area contributed by atoms with Crippen molar-refractivity contribution in [1.29, 1.82) is 5.26 Å². The summed E-state index contributed by atoms with van der Waals surface area (Å²) in [7, 11) is 0. The number of nitro groups is 1. The normalized spacial score (nSPS) is 9.63. The number of pyridine rings is 1. The molecule has 0 saturated heterocycles. The molecule has 2 aromatic rings. The van der Waals surface area contributed by atoms with E-state index >= 15 is 0 Å². The van der Waals surface area contributed by atoms with Gasteiger partial charge in [0, 0.05) is 6.07 Å². The fourth-order valence-corrected chi connectivity index (χ4v) is 1.40. The molecule has 0 aliphatic carbocycles. The van der Waals surface area contributed by atoms with E-state index in [9.17, 15) is 10.1 Å². The molecule has 0 saturated carbocycles. The van der Waals surface area contributed by atoms with Crippen LogP contribution in [0.25, 0.3) is 0 Å². The SMILES string of the molecule is N#Cc1cccc(Oc2nc(N)ccc2[N+](=O)[O-])c1. The van der Waals surface area contributed by atoms with Crippen LogP contribution < -0.4 is 10.5 Å². The zero-order valence-electron chi connectivity index (χ0n) is 9.61. The van der Waals surface area contributed by atoms with Gasteiger partial charge in [0.25, 0.3) is 0 Å². The first-order valence-electron chi connectivity index (χ1n) is 5.19. The molecular weight excluding hydrogens is 248 g/mol. The maximum Gasteiger partial charge on any atom is 0.331 e. The van der Waals surface area contributed by atoms with Crippen LogP contribution in [0.4, 0.5) is 11.5 Å². The highest BCUT2D eigenvalue weighted by molar-refractivity contribution is 5.49. The summed E-state index contributed by atoms with van der Waals surface area (Å²) >= 11 is 0. The Kier molecular flexibility index (Phi) is 3.25. The lowest BCUT2D eigenvalue weighted by atomic mass is 10.2. The molecule has 0 spiro atoms. The highest BCUT2D eigenvalue weighted by atomic mass is 16.6. The number of rotatable bonds is 3. The smallest absolute Gasteiger partial charge is 0.331 e. The fraction of sp³-hybridized carbons (Fsp3) is 0. The highest BCUT2D eigenvalue weighted by Crippen LogP contribution is 2.30. The maximum absolute atomic E-state index is 10.8. The van der Waals surface area contributed by atoms with Crippen molar-refractivity contribution >= 4 is 11.5 Å². The lowest BCUT2D eigenvalue weighted by Gasteiger charge is -2.05. The molecule has 19 heavy (non-hydrogen) atoms. The molecule has 0 aliphatic heterocycles. The molecule has 0 unspecified atom stereocenters. The van der Waals surface area contributed by atoms with Gasteiger partial charge in [0.15, 0.2) is 0 Å². The van der Waals surface area contributed by atoms with Gasteiger partial charge in [0.2, 0.25) is 0 Å². The minimum absolute atomic E-state index is 0.108. The molecule has 94 valence electrons. The van der Waals surface area contributed by atoms with E-state index in [1.807, 2.05) is 6.07 Å². The second kappa shape index (κ2) is 5.01. The molecule has 0 aliphatic rings. The van der Waals surface area contributed by atoms with E-state index in [4.69, 9.17) is 15.7 Å². The van der Waals surface area contributed by atoms with Gasteiger partial charge >= 0.3 is 11.6 Å². The number of aromatic nitrogens is 1. The molecule has 1 aromatic heterocycles. The Labute approximate surface area is 108 Å². The number of nitrogens with two attached hydrogens (primary N) is 1. The molecule has 2 N–H and O–H groups in total. The van der Waals surface area contributed by atoms with Gasteiger partial charge in [-0.15, -0.1) is 0 Å². The van der Waals surface area contributed by atoms with Gasteiger partial charge in [0.1, 0.15) is 11.6 Å². The number of hydrogen-bond donors (Lipinski definition) is 1. The summed E-state index contributed by atoms with van der Waals surface area (Å²) in [5.41, 5.74) is 5.56. The summed E-state index contributed by atoms with van der Waals surface area (Å²) in [4.78, 5) is 14.0.